The Bertz CT molecular complexity index is 2150. The molecule has 3 fully saturated rings. The number of nitrogens with one attached hydrogen (secondary N) is 3. The number of methoxy groups -OCH3 is 1. The smallest absolute Gasteiger partial charge is 0.329 e. The van der Waals surface area contributed by atoms with E-state index in [9.17, 15) is 53.4 Å². The fourth-order valence-corrected chi connectivity index (χ4v) is 9.91. The molecule has 21 heteroatoms. The van der Waals surface area contributed by atoms with Crippen LogP contribution in [0.15, 0.2) is 24.3 Å². The van der Waals surface area contributed by atoms with Gasteiger partial charge in [-0.15, -0.1) is 0 Å². The zero-order chi connectivity index (χ0) is 55.5. The third-order valence-corrected chi connectivity index (χ3v) is 14.1. The molecular weight excluding hydrogens is 959 g/mol. The molecule has 5 N–H and O–H groups in total. The molecule has 74 heavy (non-hydrogen) atoms. The Morgan fingerprint density at radius 2 is 1.49 bits per heavy atom. The summed E-state index contributed by atoms with van der Waals surface area (Å²) >= 11 is 0. The number of aliphatic hydroxyl groups excluding tert-OH is 2. The van der Waals surface area contributed by atoms with Gasteiger partial charge < -0.3 is 60.0 Å². The second-order valence-corrected chi connectivity index (χ2v) is 21.7. The van der Waals surface area contributed by atoms with Crippen molar-refractivity contribution < 1.29 is 67.6 Å². The molecule has 21 nitrogen and oxygen atoms in total. The molecule has 3 aliphatic rings. The lowest BCUT2D eigenvalue weighted by atomic mass is 9.95. The summed E-state index contributed by atoms with van der Waals surface area (Å²) in [6.07, 6.45) is -4.95. The first-order valence-corrected chi connectivity index (χ1v) is 26.1. The molecule has 3 aliphatic heterocycles. The Hall–Kier alpha value is -5.83. The zero-order valence-corrected chi connectivity index (χ0v) is 45.6. The fourth-order valence-electron chi connectivity index (χ4n) is 9.91. The first-order valence-electron chi connectivity index (χ1n) is 26.1. The van der Waals surface area contributed by atoms with Crippen LogP contribution in [0.1, 0.15) is 120 Å². The molecule has 0 aromatic heterocycles. The van der Waals surface area contributed by atoms with Crippen LogP contribution in [0.5, 0.6) is 5.75 Å². The minimum absolute atomic E-state index is 0.0915. The van der Waals surface area contributed by atoms with Gasteiger partial charge in [-0.2, -0.15) is 0 Å². The van der Waals surface area contributed by atoms with E-state index < -0.39 is 138 Å². The minimum Gasteiger partial charge on any atom is -0.497 e. The molecule has 4 rings (SSSR count). The van der Waals surface area contributed by atoms with Gasteiger partial charge in [-0.1, -0.05) is 67.5 Å². The van der Waals surface area contributed by atoms with Crippen LogP contribution in [-0.4, -0.2) is 184 Å². The van der Waals surface area contributed by atoms with Gasteiger partial charge >= 0.3 is 11.9 Å². The predicted octanol–water partition coefficient (Wildman–Crippen LogP) is 1.72. The highest BCUT2D eigenvalue weighted by Crippen LogP contribution is 2.27. The molecule has 11 atom stereocenters. The number of carbonyl (C=O) groups is 9. The number of rotatable bonds is 14. The highest BCUT2D eigenvalue weighted by atomic mass is 16.6. The molecule has 0 saturated carbocycles. The number of ether oxygens (including phenoxy) is 3. The summed E-state index contributed by atoms with van der Waals surface area (Å²) in [7, 11) is 4.33. The van der Waals surface area contributed by atoms with E-state index in [-0.39, 0.29) is 57.0 Å². The van der Waals surface area contributed by atoms with Crippen molar-refractivity contribution in [2.75, 3.05) is 34.3 Å². The van der Waals surface area contributed by atoms with Gasteiger partial charge in [0, 0.05) is 33.6 Å². The van der Waals surface area contributed by atoms with Gasteiger partial charge in [-0.3, -0.25) is 38.4 Å². The summed E-state index contributed by atoms with van der Waals surface area (Å²) in [6, 6.07) is -1.88. The van der Waals surface area contributed by atoms with Crippen molar-refractivity contribution in [3.05, 3.63) is 29.8 Å². The standard InChI is InChI=1S/C53H83N7O14/c1-28(2)24-36-50(68)60-23-15-17-38(60)52(70)58(12)40(26-34-18-20-35(72-13)21-19-34)53(71)73-33(10)44(47(65)55-43(30(5)6)41(62)27-42(63)74-45(31(7)8)48(66)54-36)56-46(64)39(25-29(3)4)57(11)51(69)37-16-14-22-59(37)49(67)32(9)61/h18-21,28-33,36-41,43-45,61-62H,14-17,22-27H2,1-13H3,(H,54,66)(H,55,65)(H,56,64)/t32-,33+,36-,37-,38-,39+,40-,41-,43+,44-,45?/m0/s1. The molecule has 0 radical (unpaired) electrons. The number of likely N-dealkylation sites (tertiary alicyclic amines) is 1. The van der Waals surface area contributed by atoms with Crippen LogP contribution >= 0.6 is 0 Å². The lowest BCUT2D eigenvalue weighted by Gasteiger charge is -2.36. The lowest BCUT2D eigenvalue weighted by molar-refractivity contribution is -0.162. The maximum atomic E-state index is 14.8. The number of esters is 2. The van der Waals surface area contributed by atoms with Crippen molar-refractivity contribution in [3.8, 4) is 5.75 Å². The summed E-state index contributed by atoms with van der Waals surface area (Å²) < 4.78 is 17.2. The number of hydrogen-bond acceptors (Lipinski definition) is 14. The van der Waals surface area contributed by atoms with Crippen LogP contribution in [0.4, 0.5) is 0 Å². The van der Waals surface area contributed by atoms with Gasteiger partial charge in [0.05, 0.1) is 25.7 Å². The van der Waals surface area contributed by atoms with E-state index in [0.29, 0.717) is 24.2 Å². The highest BCUT2D eigenvalue weighted by molar-refractivity contribution is 5.97. The highest BCUT2D eigenvalue weighted by Gasteiger charge is 2.45. The Balaban J connectivity index is 1.85. The topological polar surface area (TPSA) is 271 Å². The maximum Gasteiger partial charge on any atom is 0.329 e. The summed E-state index contributed by atoms with van der Waals surface area (Å²) in [4.78, 5) is 134. The van der Waals surface area contributed by atoms with E-state index in [1.165, 1.54) is 54.7 Å². The van der Waals surface area contributed by atoms with E-state index in [2.05, 4.69) is 16.0 Å². The van der Waals surface area contributed by atoms with Crippen molar-refractivity contribution in [2.24, 2.45) is 23.7 Å². The molecule has 414 valence electrons. The average molecular weight is 1040 g/mol. The quantitative estimate of drug-likeness (QED) is 0.166. The number of fused-ring (bicyclic) bond motifs is 1. The largest absolute Gasteiger partial charge is 0.497 e. The number of aliphatic hydroxyl groups is 2. The number of cyclic esters (lactones) is 2. The van der Waals surface area contributed by atoms with Crippen molar-refractivity contribution in [3.63, 3.8) is 0 Å². The van der Waals surface area contributed by atoms with Gasteiger partial charge in [0.15, 0.2) is 6.10 Å². The summed E-state index contributed by atoms with van der Waals surface area (Å²) in [5, 5.41) is 30.0. The third-order valence-electron chi connectivity index (χ3n) is 14.1. The monoisotopic (exact) mass is 1040 g/mol. The molecule has 3 heterocycles. The van der Waals surface area contributed by atoms with E-state index in [4.69, 9.17) is 14.2 Å². The number of hydrogen-bond donors (Lipinski definition) is 5. The van der Waals surface area contributed by atoms with E-state index in [1.54, 1.807) is 52.0 Å². The first-order chi connectivity index (χ1) is 34.7. The van der Waals surface area contributed by atoms with Crippen LogP contribution < -0.4 is 20.7 Å². The molecule has 1 aromatic rings. The normalized spacial score (nSPS) is 27.0. The van der Waals surface area contributed by atoms with Gasteiger partial charge in [0.1, 0.15) is 54.2 Å². The molecule has 0 spiro atoms. The first kappa shape index (κ1) is 60.7. The average Bonchev–Trinajstić information content (AvgIpc) is 4.04. The van der Waals surface area contributed by atoms with Crippen LogP contribution in [-0.2, 0) is 59.0 Å². The van der Waals surface area contributed by atoms with Crippen molar-refractivity contribution in [2.45, 2.75) is 187 Å². The molecular formula is C53H83N7O14. The Kier molecular flexibility index (Phi) is 22.2. The zero-order valence-electron chi connectivity index (χ0n) is 45.6. The van der Waals surface area contributed by atoms with Gasteiger partial charge in [0.25, 0.3) is 11.8 Å². The fraction of sp³-hybridized carbons (Fsp3) is 0.717. The van der Waals surface area contributed by atoms with Gasteiger partial charge in [0.2, 0.25) is 29.5 Å². The number of carbonyl (C=O) groups excluding carboxylic acids is 9. The van der Waals surface area contributed by atoms with Gasteiger partial charge in [-0.25, -0.2) is 4.79 Å². The SMILES string of the molecule is COc1ccc(C[C@H]2C(=O)O[C@H](C)[C@H](NC(=O)[C@@H](CC(C)C)N(C)C(=O)[C@@H]3CCCN3C(=O)[C@H](C)O)C(=O)N[C@H](C(C)C)[C@@H](O)CC(=O)OC(C(C)C)C(=O)N[C@@H](CC(C)C)C(=O)N3CCC[C@H]3C(=O)N2C)cc1. The van der Waals surface area contributed by atoms with Crippen LogP contribution in [0.3, 0.4) is 0 Å². The second-order valence-electron chi connectivity index (χ2n) is 21.7. The Morgan fingerprint density at radius 3 is 2.05 bits per heavy atom. The van der Waals surface area contributed by atoms with Crippen molar-refractivity contribution >= 4 is 53.3 Å². The molecule has 0 aliphatic carbocycles. The minimum atomic E-state index is -1.73. The van der Waals surface area contributed by atoms with Crippen molar-refractivity contribution in [1.82, 2.24) is 35.6 Å². The molecule has 1 unspecified atom stereocenters. The van der Waals surface area contributed by atoms with Gasteiger partial charge in [-0.05, 0) is 93.7 Å². The van der Waals surface area contributed by atoms with E-state index in [1.807, 2.05) is 27.7 Å². The van der Waals surface area contributed by atoms with Crippen molar-refractivity contribution in [1.29, 1.82) is 0 Å². The molecule has 0 bridgehead atoms. The third kappa shape index (κ3) is 15.6. The number of nitrogens with zero attached hydrogens (tertiary/aromatic N) is 4. The number of amides is 7. The summed E-state index contributed by atoms with van der Waals surface area (Å²) in [6.45, 7) is 17.1. The Labute approximate surface area is 436 Å². The molecule has 3 saturated heterocycles. The predicted molar refractivity (Wildman–Crippen MR) is 271 cm³/mol. The lowest BCUT2D eigenvalue weighted by Crippen LogP contribution is -2.62. The van der Waals surface area contributed by atoms with Crippen LogP contribution in [0.25, 0.3) is 0 Å². The summed E-state index contributed by atoms with van der Waals surface area (Å²) in [5.74, 6) is -7.70. The molecule has 1 aromatic carbocycles. The summed E-state index contributed by atoms with van der Waals surface area (Å²) in [5.41, 5.74) is 0.595. The van der Waals surface area contributed by atoms with E-state index in [0.717, 1.165) is 0 Å². The molecule has 7 amide bonds. The number of likely N-dealkylation sites (N-methyl/N-ethyl adjacent to an activating group) is 2. The maximum absolute atomic E-state index is 14.8. The number of benzene rings is 1. The Morgan fingerprint density at radius 1 is 0.851 bits per heavy atom. The second kappa shape index (κ2) is 27.1. The van der Waals surface area contributed by atoms with Crippen LogP contribution in [0, 0.1) is 23.7 Å². The van der Waals surface area contributed by atoms with Crippen LogP contribution in [0.2, 0.25) is 0 Å². The van der Waals surface area contributed by atoms with E-state index >= 15 is 0 Å².